The number of carbonyl (C=O) groups is 1. The Kier molecular flexibility index (Phi) is 4.34. The molecule has 3 rings (SSSR count). The molecule has 1 heterocycles. The molecule has 118 valence electrons. The third-order valence-electron chi connectivity index (χ3n) is 3.90. The van der Waals surface area contributed by atoms with Crippen molar-refractivity contribution in [2.75, 3.05) is 19.8 Å². The van der Waals surface area contributed by atoms with Gasteiger partial charge in [0.25, 0.3) is 11.6 Å². The lowest BCUT2D eigenvalue weighted by Crippen LogP contribution is -2.43. The highest BCUT2D eigenvalue weighted by Crippen LogP contribution is 2.28. The molecule has 0 N–H and O–H groups in total. The van der Waals surface area contributed by atoms with Crippen molar-refractivity contribution < 1.29 is 14.5 Å². The minimum Gasteiger partial charge on any atom is -0.377 e. The molecule has 1 atom stereocenters. The minimum atomic E-state index is -0.523. The van der Waals surface area contributed by atoms with Crippen LogP contribution in [0.3, 0.4) is 0 Å². The Morgan fingerprint density at radius 3 is 2.57 bits per heavy atom. The molecule has 2 aromatic rings. The van der Waals surface area contributed by atoms with Crippen LogP contribution in [-0.4, -0.2) is 35.5 Å². The van der Waals surface area contributed by atoms with Gasteiger partial charge in [-0.25, -0.2) is 0 Å². The van der Waals surface area contributed by atoms with Gasteiger partial charge in [0.1, 0.15) is 5.56 Å². The first kappa shape index (κ1) is 15.2. The maximum absolute atomic E-state index is 12.9. The van der Waals surface area contributed by atoms with E-state index in [4.69, 9.17) is 4.74 Å². The molecule has 2 aromatic carbocycles. The molecular formula is C17H16N2O4. The van der Waals surface area contributed by atoms with E-state index in [-0.39, 0.29) is 23.2 Å². The molecule has 0 radical (unpaired) electrons. The average Bonchev–Trinajstić information content (AvgIpc) is 2.62. The maximum Gasteiger partial charge on any atom is 0.282 e. The third kappa shape index (κ3) is 3.07. The van der Waals surface area contributed by atoms with Crippen LogP contribution in [0.4, 0.5) is 5.69 Å². The second-order valence-electron chi connectivity index (χ2n) is 5.27. The van der Waals surface area contributed by atoms with Crippen LogP contribution in [0.25, 0.3) is 0 Å². The third-order valence-corrected chi connectivity index (χ3v) is 3.90. The number of carbonyl (C=O) groups excluding carboxylic acids is 1. The quantitative estimate of drug-likeness (QED) is 0.645. The Hall–Kier alpha value is -2.73. The van der Waals surface area contributed by atoms with Crippen LogP contribution < -0.4 is 0 Å². The number of morpholine rings is 1. The van der Waals surface area contributed by atoms with Gasteiger partial charge in [0.2, 0.25) is 0 Å². The fraction of sp³-hybridized carbons (Fsp3) is 0.235. The largest absolute Gasteiger partial charge is 0.377 e. The molecule has 6 heteroatoms. The Bertz CT molecular complexity index is 718. The highest BCUT2D eigenvalue weighted by Gasteiger charge is 2.32. The predicted molar refractivity (Wildman–Crippen MR) is 84.1 cm³/mol. The summed E-state index contributed by atoms with van der Waals surface area (Å²) in [4.78, 5) is 25.2. The molecule has 0 spiro atoms. The van der Waals surface area contributed by atoms with Crippen LogP contribution in [0.2, 0.25) is 0 Å². The van der Waals surface area contributed by atoms with Gasteiger partial charge in [-0.1, -0.05) is 42.5 Å². The lowest BCUT2D eigenvalue weighted by molar-refractivity contribution is -0.385. The Morgan fingerprint density at radius 2 is 1.83 bits per heavy atom. The summed E-state index contributed by atoms with van der Waals surface area (Å²) in [7, 11) is 0. The molecule has 1 amide bonds. The van der Waals surface area contributed by atoms with Crippen molar-refractivity contribution in [2.45, 2.75) is 6.04 Å². The van der Waals surface area contributed by atoms with Gasteiger partial charge in [-0.15, -0.1) is 0 Å². The summed E-state index contributed by atoms with van der Waals surface area (Å²) in [5.41, 5.74) is 0.898. The molecule has 1 aliphatic rings. The second-order valence-corrected chi connectivity index (χ2v) is 5.27. The highest BCUT2D eigenvalue weighted by molar-refractivity contribution is 5.98. The van der Waals surface area contributed by atoms with E-state index in [1.165, 1.54) is 12.1 Å². The van der Waals surface area contributed by atoms with Crippen molar-refractivity contribution in [2.24, 2.45) is 0 Å². The lowest BCUT2D eigenvalue weighted by atomic mass is 10.0. The number of hydrogen-bond acceptors (Lipinski definition) is 4. The molecule has 23 heavy (non-hydrogen) atoms. The smallest absolute Gasteiger partial charge is 0.282 e. The van der Waals surface area contributed by atoms with Gasteiger partial charge >= 0.3 is 0 Å². The molecule has 1 fully saturated rings. The standard InChI is InChI=1S/C17H16N2O4/c20-17(14-8-4-5-9-15(14)19(21)22)18-10-11-23-12-16(18)13-6-2-1-3-7-13/h1-9,16H,10-12H2/t16-/m1/s1. The molecule has 0 aliphatic carbocycles. The molecule has 1 saturated heterocycles. The molecular weight excluding hydrogens is 296 g/mol. The van der Waals surface area contributed by atoms with E-state index in [1.807, 2.05) is 30.3 Å². The SMILES string of the molecule is O=C(c1ccccc1[N+](=O)[O-])N1CCOC[C@@H]1c1ccccc1. The minimum absolute atomic E-state index is 0.111. The molecule has 0 aromatic heterocycles. The number of ether oxygens (including phenoxy) is 1. The molecule has 6 nitrogen and oxygen atoms in total. The van der Waals surface area contributed by atoms with Crippen molar-refractivity contribution in [3.8, 4) is 0 Å². The second kappa shape index (κ2) is 6.58. The Labute approximate surface area is 133 Å². The van der Waals surface area contributed by atoms with Crippen molar-refractivity contribution >= 4 is 11.6 Å². The van der Waals surface area contributed by atoms with Crippen molar-refractivity contribution in [3.05, 3.63) is 75.8 Å². The lowest BCUT2D eigenvalue weighted by Gasteiger charge is -2.35. The van der Waals surface area contributed by atoms with E-state index in [9.17, 15) is 14.9 Å². The van der Waals surface area contributed by atoms with Crippen LogP contribution >= 0.6 is 0 Å². The van der Waals surface area contributed by atoms with E-state index in [1.54, 1.807) is 17.0 Å². The monoisotopic (exact) mass is 312 g/mol. The number of nitrogens with zero attached hydrogens (tertiary/aromatic N) is 2. The highest BCUT2D eigenvalue weighted by atomic mass is 16.6. The zero-order valence-electron chi connectivity index (χ0n) is 12.4. The van der Waals surface area contributed by atoms with E-state index in [2.05, 4.69) is 0 Å². The number of hydrogen-bond donors (Lipinski definition) is 0. The topological polar surface area (TPSA) is 72.7 Å². The number of benzene rings is 2. The van der Waals surface area contributed by atoms with Crippen molar-refractivity contribution in [1.82, 2.24) is 4.90 Å². The number of rotatable bonds is 3. The van der Waals surface area contributed by atoms with Gasteiger partial charge in [-0.05, 0) is 11.6 Å². The van der Waals surface area contributed by atoms with E-state index in [0.717, 1.165) is 5.56 Å². The number of para-hydroxylation sites is 1. The van der Waals surface area contributed by atoms with E-state index < -0.39 is 4.92 Å². The van der Waals surface area contributed by atoms with Gasteiger partial charge in [0.05, 0.1) is 24.2 Å². The first-order valence-corrected chi connectivity index (χ1v) is 7.35. The van der Waals surface area contributed by atoms with Crippen molar-refractivity contribution in [1.29, 1.82) is 0 Å². The number of amides is 1. The predicted octanol–water partition coefficient (Wildman–Crippen LogP) is 2.81. The van der Waals surface area contributed by atoms with Gasteiger partial charge in [0, 0.05) is 12.6 Å². The normalized spacial score (nSPS) is 17.7. The zero-order valence-corrected chi connectivity index (χ0v) is 12.4. The Balaban J connectivity index is 1.95. The first-order valence-electron chi connectivity index (χ1n) is 7.35. The average molecular weight is 312 g/mol. The molecule has 1 aliphatic heterocycles. The van der Waals surface area contributed by atoms with Crippen LogP contribution in [0.1, 0.15) is 22.0 Å². The fourth-order valence-electron chi connectivity index (χ4n) is 2.77. The van der Waals surface area contributed by atoms with Gasteiger partial charge in [0.15, 0.2) is 0 Å². The maximum atomic E-state index is 12.9. The summed E-state index contributed by atoms with van der Waals surface area (Å²) in [6, 6.07) is 15.4. The number of nitro benzene ring substituents is 1. The van der Waals surface area contributed by atoms with Crippen LogP contribution in [0.15, 0.2) is 54.6 Å². The Morgan fingerprint density at radius 1 is 1.13 bits per heavy atom. The van der Waals surface area contributed by atoms with Gasteiger partial charge in [-0.2, -0.15) is 0 Å². The van der Waals surface area contributed by atoms with E-state index >= 15 is 0 Å². The van der Waals surface area contributed by atoms with Gasteiger partial charge in [-0.3, -0.25) is 14.9 Å². The molecule has 0 bridgehead atoms. The summed E-state index contributed by atoms with van der Waals surface area (Å²) in [6.07, 6.45) is 0. The molecule has 0 unspecified atom stereocenters. The van der Waals surface area contributed by atoms with Gasteiger partial charge < -0.3 is 9.64 Å². The first-order chi connectivity index (χ1) is 11.2. The summed E-state index contributed by atoms with van der Waals surface area (Å²) in [5, 5.41) is 11.2. The summed E-state index contributed by atoms with van der Waals surface area (Å²) in [6.45, 7) is 1.22. The van der Waals surface area contributed by atoms with E-state index in [0.29, 0.717) is 19.8 Å². The summed E-state index contributed by atoms with van der Waals surface area (Å²) in [5.74, 6) is -0.338. The summed E-state index contributed by atoms with van der Waals surface area (Å²) < 4.78 is 5.50. The summed E-state index contributed by atoms with van der Waals surface area (Å²) >= 11 is 0. The zero-order chi connectivity index (χ0) is 16.2. The van der Waals surface area contributed by atoms with Crippen LogP contribution in [-0.2, 0) is 4.74 Å². The molecule has 0 saturated carbocycles. The fourth-order valence-corrected chi connectivity index (χ4v) is 2.77. The van der Waals surface area contributed by atoms with Crippen LogP contribution in [0, 0.1) is 10.1 Å². The van der Waals surface area contributed by atoms with Crippen molar-refractivity contribution in [3.63, 3.8) is 0 Å². The number of nitro groups is 1. The van der Waals surface area contributed by atoms with Crippen LogP contribution in [0.5, 0.6) is 0 Å².